The summed E-state index contributed by atoms with van der Waals surface area (Å²) in [7, 11) is 1.64. The molecule has 1 aromatic carbocycles. The Balaban J connectivity index is 1.72. The first-order chi connectivity index (χ1) is 9.76. The number of nitrogens with one attached hydrogen (secondary N) is 1. The maximum Gasteiger partial charge on any atom is 0.322 e. The zero-order valence-corrected chi connectivity index (χ0v) is 11.8. The van der Waals surface area contributed by atoms with Gasteiger partial charge >= 0.3 is 6.01 Å². The highest BCUT2D eigenvalue weighted by molar-refractivity contribution is 5.57. The first-order valence-corrected chi connectivity index (χ1v) is 7.01. The molecular formula is C15H19N3O2. The summed E-state index contributed by atoms with van der Waals surface area (Å²) >= 11 is 0. The van der Waals surface area contributed by atoms with Crippen LogP contribution in [0.5, 0.6) is 5.75 Å². The molecule has 0 aliphatic heterocycles. The molecule has 1 N–H and O–H groups in total. The molecule has 0 bridgehead atoms. The maximum absolute atomic E-state index is 5.27. The van der Waals surface area contributed by atoms with Gasteiger partial charge in [0.2, 0.25) is 5.82 Å². The maximum atomic E-state index is 5.27. The van der Waals surface area contributed by atoms with Gasteiger partial charge in [-0.15, -0.1) is 0 Å². The van der Waals surface area contributed by atoms with Crippen molar-refractivity contribution in [2.45, 2.75) is 32.2 Å². The Bertz CT molecular complexity index is 578. The molecule has 5 nitrogen and oxygen atoms in total. The van der Waals surface area contributed by atoms with E-state index < -0.39 is 0 Å². The predicted octanol–water partition coefficient (Wildman–Crippen LogP) is 3.35. The Hall–Kier alpha value is -2.04. The highest BCUT2D eigenvalue weighted by Crippen LogP contribution is 2.31. The van der Waals surface area contributed by atoms with Crippen molar-refractivity contribution in [2.24, 2.45) is 5.92 Å². The Labute approximate surface area is 118 Å². The van der Waals surface area contributed by atoms with Gasteiger partial charge in [0.25, 0.3) is 0 Å². The van der Waals surface area contributed by atoms with Gasteiger partial charge in [0.15, 0.2) is 0 Å². The zero-order valence-electron chi connectivity index (χ0n) is 11.8. The molecule has 0 radical (unpaired) electrons. The monoisotopic (exact) mass is 273 g/mol. The van der Waals surface area contributed by atoms with E-state index in [2.05, 4.69) is 22.4 Å². The summed E-state index contributed by atoms with van der Waals surface area (Å²) in [5.74, 6) is 2.08. The van der Waals surface area contributed by atoms with Crippen molar-refractivity contribution >= 4 is 6.01 Å². The number of benzene rings is 1. The van der Waals surface area contributed by atoms with Gasteiger partial charge in [-0.25, -0.2) is 0 Å². The van der Waals surface area contributed by atoms with Crippen LogP contribution in [0, 0.1) is 5.92 Å². The average Bonchev–Trinajstić information content (AvgIpc) is 2.85. The summed E-state index contributed by atoms with van der Waals surface area (Å²) in [6.07, 6.45) is 3.89. The van der Waals surface area contributed by atoms with Crippen molar-refractivity contribution in [3.63, 3.8) is 0 Å². The minimum Gasteiger partial charge on any atom is -0.497 e. The minimum absolute atomic E-state index is 0.377. The Morgan fingerprint density at radius 1 is 1.40 bits per heavy atom. The number of methoxy groups -OCH3 is 1. The third-order valence-electron chi connectivity index (χ3n) is 3.96. The van der Waals surface area contributed by atoms with E-state index in [0.717, 1.165) is 17.2 Å². The van der Waals surface area contributed by atoms with E-state index in [4.69, 9.17) is 9.26 Å². The molecular weight excluding hydrogens is 254 g/mol. The summed E-state index contributed by atoms with van der Waals surface area (Å²) < 4.78 is 10.5. The second-order valence-corrected chi connectivity index (χ2v) is 5.28. The van der Waals surface area contributed by atoms with E-state index in [1.807, 2.05) is 24.3 Å². The quantitative estimate of drug-likeness (QED) is 0.905. The summed E-state index contributed by atoms with van der Waals surface area (Å²) in [6.45, 7) is 2.17. The minimum atomic E-state index is 0.377. The highest BCUT2D eigenvalue weighted by Gasteiger charge is 2.25. The zero-order chi connectivity index (χ0) is 13.9. The lowest BCUT2D eigenvalue weighted by atomic mass is 9.80. The fraction of sp³-hybridized carbons (Fsp3) is 0.467. The summed E-state index contributed by atoms with van der Waals surface area (Å²) in [6, 6.07) is 8.50. The van der Waals surface area contributed by atoms with E-state index in [1.54, 1.807) is 7.11 Å². The van der Waals surface area contributed by atoms with Gasteiger partial charge in [0.05, 0.1) is 7.11 Å². The number of aromatic nitrogens is 2. The number of anilines is 1. The molecule has 3 rings (SSSR count). The van der Waals surface area contributed by atoms with E-state index in [9.17, 15) is 0 Å². The molecule has 106 valence electrons. The van der Waals surface area contributed by atoms with Gasteiger partial charge in [-0.1, -0.05) is 23.7 Å². The number of nitrogens with zero attached hydrogens (tertiary/aromatic N) is 2. The van der Waals surface area contributed by atoms with Gasteiger partial charge in [0, 0.05) is 11.6 Å². The normalized spacial score (nSPS) is 16.5. The fourth-order valence-corrected chi connectivity index (χ4v) is 2.41. The Kier molecular flexibility index (Phi) is 3.58. The Morgan fingerprint density at radius 3 is 2.95 bits per heavy atom. The third kappa shape index (κ3) is 2.61. The summed E-state index contributed by atoms with van der Waals surface area (Å²) in [5, 5.41) is 7.30. The SMILES string of the molecule is COc1cccc(-c2noc(NC(C)C3CCC3)n2)c1. The molecule has 5 heteroatoms. The van der Waals surface area contributed by atoms with Crippen molar-refractivity contribution in [3.05, 3.63) is 24.3 Å². The largest absolute Gasteiger partial charge is 0.497 e. The van der Waals surface area contributed by atoms with Crippen LogP contribution in [0.3, 0.4) is 0 Å². The van der Waals surface area contributed by atoms with Crippen LogP contribution in [0.15, 0.2) is 28.8 Å². The lowest BCUT2D eigenvalue weighted by molar-refractivity contribution is 0.280. The van der Waals surface area contributed by atoms with Gasteiger partial charge in [-0.3, -0.25) is 0 Å². The number of hydrogen-bond donors (Lipinski definition) is 1. The van der Waals surface area contributed by atoms with Gasteiger partial charge in [-0.05, 0) is 37.8 Å². The third-order valence-corrected chi connectivity index (χ3v) is 3.96. The van der Waals surface area contributed by atoms with Crippen LogP contribution in [-0.2, 0) is 0 Å². The van der Waals surface area contributed by atoms with Crippen LogP contribution in [0.25, 0.3) is 11.4 Å². The summed E-state index contributed by atoms with van der Waals surface area (Å²) in [4.78, 5) is 4.39. The molecule has 0 saturated heterocycles. The predicted molar refractivity (Wildman–Crippen MR) is 76.7 cm³/mol. The molecule has 1 aromatic heterocycles. The lowest BCUT2D eigenvalue weighted by Crippen LogP contribution is -2.30. The number of rotatable bonds is 5. The van der Waals surface area contributed by atoms with Crippen molar-refractivity contribution in [1.29, 1.82) is 0 Å². The molecule has 1 unspecified atom stereocenters. The first kappa shape index (κ1) is 13.0. The lowest BCUT2D eigenvalue weighted by Gasteiger charge is -2.31. The van der Waals surface area contributed by atoms with Crippen LogP contribution in [0.1, 0.15) is 26.2 Å². The second-order valence-electron chi connectivity index (χ2n) is 5.28. The molecule has 1 fully saturated rings. The molecule has 20 heavy (non-hydrogen) atoms. The van der Waals surface area contributed by atoms with E-state index in [-0.39, 0.29) is 0 Å². The fourth-order valence-electron chi connectivity index (χ4n) is 2.41. The van der Waals surface area contributed by atoms with Crippen molar-refractivity contribution in [1.82, 2.24) is 10.1 Å². The molecule has 1 saturated carbocycles. The highest BCUT2D eigenvalue weighted by atomic mass is 16.5. The van der Waals surface area contributed by atoms with Gasteiger partial charge in [-0.2, -0.15) is 4.98 Å². The summed E-state index contributed by atoms with van der Waals surface area (Å²) in [5.41, 5.74) is 0.887. The van der Waals surface area contributed by atoms with Crippen LogP contribution >= 0.6 is 0 Å². The second kappa shape index (κ2) is 5.53. The molecule has 0 amide bonds. The van der Waals surface area contributed by atoms with Crippen molar-refractivity contribution in [2.75, 3.05) is 12.4 Å². The topological polar surface area (TPSA) is 60.2 Å². The number of hydrogen-bond acceptors (Lipinski definition) is 5. The average molecular weight is 273 g/mol. The smallest absolute Gasteiger partial charge is 0.322 e. The Morgan fingerprint density at radius 2 is 2.25 bits per heavy atom. The molecule has 1 atom stereocenters. The van der Waals surface area contributed by atoms with Gasteiger partial charge in [0.1, 0.15) is 5.75 Å². The molecule has 0 spiro atoms. The van der Waals surface area contributed by atoms with Crippen LogP contribution in [0.2, 0.25) is 0 Å². The van der Waals surface area contributed by atoms with Crippen molar-refractivity contribution < 1.29 is 9.26 Å². The van der Waals surface area contributed by atoms with Crippen LogP contribution in [0.4, 0.5) is 6.01 Å². The van der Waals surface area contributed by atoms with Crippen LogP contribution < -0.4 is 10.1 Å². The first-order valence-electron chi connectivity index (χ1n) is 7.01. The standard InChI is InChI=1S/C15H19N3O2/c1-10(11-5-3-6-11)16-15-17-14(18-20-15)12-7-4-8-13(9-12)19-2/h4,7-11H,3,5-6H2,1-2H3,(H,16,17,18). The molecule has 1 aliphatic rings. The van der Waals surface area contributed by atoms with Gasteiger partial charge < -0.3 is 14.6 Å². The van der Waals surface area contributed by atoms with Crippen molar-refractivity contribution in [3.8, 4) is 17.1 Å². The molecule has 1 heterocycles. The molecule has 1 aliphatic carbocycles. The van der Waals surface area contributed by atoms with E-state index >= 15 is 0 Å². The van der Waals surface area contributed by atoms with E-state index in [0.29, 0.717) is 17.9 Å². The van der Waals surface area contributed by atoms with Crippen LogP contribution in [-0.4, -0.2) is 23.3 Å². The molecule has 2 aromatic rings. The number of ether oxygens (including phenoxy) is 1. The van der Waals surface area contributed by atoms with E-state index in [1.165, 1.54) is 19.3 Å².